The minimum Gasteiger partial charge on any atom is -0.507 e. The Hall–Kier alpha value is -1.63. The summed E-state index contributed by atoms with van der Waals surface area (Å²) in [5.41, 5.74) is 0.587. The Morgan fingerprint density at radius 1 is 1.26 bits per heavy atom. The zero-order valence-corrected chi connectivity index (χ0v) is 12.0. The first-order chi connectivity index (χ1) is 9.08. The number of nitrogens with one attached hydrogen (secondary N) is 1. The van der Waals surface area contributed by atoms with Gasteiger partial charge >= 0.3 is 0 Å². The van der Waals surface area contributed by atoms with E-state index < -0.39 is 5.91 Å². The molecule has 5 heteroatoms. The number of hydrogen-bond acceptors (Lipinski definition) is 2. The first-order valence-corrected chi connectivity index (χ1v) is 6.66. The van der Waals surface area contributed by atoms with Gasteiger partial charge in [-0.2, -0.15) is 0 Å². The highest BCUT2D eigenvalue weighted by Crippen LogP contribution is 2.19. The molecule has 0 saturated carbocycles. The molecule has 0 saturated heterocycles. The van der Waals surface area contributed by atoms with Crippen molar-refractivity contribution >= 4 is 28.5 Å². The molecule has 0 aromatic heterocycles. The number of aromatic hydroxyl groups is 1. The molecule has 3 nitrogen and oxygen atoms in total. The highest BCUT2D eigenvalue weighted by Gasteiger charge is 2.11. The van der Waals surface area contributed by atoms with Gasteiger partial charge in [-0.15, -0.1) is 0 Å². The number of hydrogen-bond donors (Lipinski definition) is 2. The first kappa shape index (κ1) is 13.8. The predicted molar refractivity (Wildman–Crippen MR) is 78.4 cm³/mol. The number of phenols is 1. The van der Waals surface area contributed by atoms with E-state index in [0.717, 1.165) is 3.57 Å². The first-order valence-electron chi connectivity index (χ1n) is 5.58. The lowest BCUT2D eigenvalue weighted by Gasteiger charge is -2.08. The van der Waals surface area contributed by atoms with E-state index in [1.807, 2.05) is 22.6 Å². The van der Waals surface area contributed by atoms with Crippen molar-refractivity contribution in [1.82, 2.24) is 5.32 Å². The van der Waals surface area contributed by atoms with E-state index in [9.17, 15) is 14.3 Å². The van der Waals surface area contributed by atoms with Crippen LogP contribution in [0.3, 0.4) is 0 Å². The van der Waals surface area contributed by atoms with Crippen LogP contribution in [-0.4, -0.2) is 11.0 Å². The van der Waals surface area contributed by atoms with Gasteiger partial charge in [0.1, 0.15) is 11.6 Å². The third-order valence-electron chi connectivity index (χ3n) is 2.60. The van der Waals surface area contributed by atoms with Crippen molar-refractivity contribution < 1.29 is 14.3 Å². The summed E-state index contributed by atoms with van der Waals surface area (Å²) in [4.78, 5) is 11.9. The number of halogens is 2. The second kappa shape index (κ2) is 6.01. The van der Waals surface area contributed by atoms with Crippen LogP contribution in [0.5, 0.6) is 5.75 Å². The number of carbonyl (C=O) groups is 1. The largest absolute Gasteiger partial charge is 0.507 e. The van der Waals surface area contributed by atoms with Crippen LogP contribution in [0.25, 0.3) is 0 Å². The SMILES string of the molecule is O=C(NCc1ccccc1F)c1cc(I)ccc1O. The van der Waals surface area contributed by atoms with Crippen molar-refractivity contribution in [2.75, 3.05) is 0 Å². The number of amides is 1. The molecule has 0 bridgehead atoms. The lowest BCUT2D eigenvalue weighted by atomic mass is 10.1. The molecule has 1 amide bonds. The molecule has 0 spiro atoms. The molecule has 0 aliphatic rings. The molecule has 0 unspecified atom stereocenters. The standard InChI is InChI=1S/C14H11FINO2/c15-12-4-2-1-3-9(12)8-17-14(19)11-7-10(16)5-6-13(11)18/h1-7,18H,8H2,(H,17,19). The van der Waals surface area contributed by atoms with Gasteiger partial charge in [0.05, 0.1) is 5.56 Å². The summed E-state index contributed by atoms with van der Waals surface area (Å²) in [7, 11) is 0. The molecule has 2 aromatic carbocycles. The van der Waals surface area contributed by atoms with E-state index in [1.165, 1.54) is 12.1 Å². The summed E-state index contributed by atoms with van der Waals surface area (Å²) in [5, 5.41) is 12.2. The van der Waals surface area contributed by atoms with E-state index in [4.69, 9.17) is 0 Å². The van der Waals surface area contributed by atoms with Crippen LogP contribution in [0.2, 0.25) is 0 Å². The van der Waals surface area contributed by atoms with Crippen molar-refractivity contribution in [2.45, 2.75) is 6.54 Å². The Bertz CT molecular complexity index is 616. The topological polar surface area (TPSA) is 49.3 Å². The number of phenolic OH excluding ortho intramolecular Hbond substituents is 1. The van der Waals surface area contributed by atoms with Crippen molar-refractivity contribution in [2.24, 2.45) is 0 Å². The summed E-state index contributed by atoms with van der Waals surface area (Å²) in [6.45, 7) is 0.0798. The van der Waals surface area contributed by atoms with Crippen molar-refractivity contribution in [3.63, 3.8) is 0 Å². The minimum absolute atomic E-state index is 0.0798. The molecule has 2 aromatic rings. The van der Waals surface area contributed by atoms with E-state index in [-0.39, 0.29) is 23.7 Å². The smallest absolute Gasteiger partial charge is 0.255 e. The predicted octanol–water partition coefficient (Wildman–Crippen LogP) is 3.07. The second-order valence-electron chi connectivity index (χ2n) is 3.94. The highest BCUT2D eigenvalue weighted by atomic mass is 127. The Labute approximate surface area is 123 Å². The minimum atomic E-state index is -0.431. The van der Waals surface area contributed by atoms with Gasteiger partial charge in [-0.1, -0.05) is 18.2 Å². The van der Waals surface area contributed by atoms with Crippen LogP contribution in [0.15, 0.2) is 42.5 Å². The fourth-order valence-corrected chi connectivity index (χ4v) is 2.09. The monoisotopic (exact) mass is 371 g/mol. The maximum Gasteiger partial charge on any atom is 0.255 e. The van der Waals surface area contributed by atoms with Crippen LogP contribution in [0, 0.1) is 9.39 Å². The molecule has 98 valence electrons. The molecule has 0 heterocycles. The average molecular weight is 371 g/mol. The number of benzene rings is 2. The van der Waals surface area contributed by atoms with E-state index in [2.05, 4.69) is 5.32 Å². The van der Waals surface area contributed by atoms with Gasteiger partial charge < -0.3 is 10.4 Å². The lowest BCUT2D eigenvalue weighted by Crippen LogP contribution is -2.23. The molecular weight excluding hydrogens is 360 g/mol. The molecular formula is C14H11FINO2. The molecule has 2 rings (SSSR count). The molecule has 0 radical (unpaired) electrons. The van der Waals surface area contributed by atoms with Crippen molar-refractivity contribution in [3.05, 3.63) is 63.0 Å². The quantitative estimate of drug-likeness (QED) is 0.815. The van der Waals surface area contributed by atoms with Gasteiger partial charge in [0, 0.05) is 15.7 Å². The highest BCUT2D eigenvalue weighted by molar-refractivity contribution is 14.1. The Morgan fingerprint density at radius 3 is 2.74 bits per heavy atom. The Kier molecular flexibility index (Phi) is 4.36. The van der Waals surface area contributed by atoms with E-state index >= 15 is 0 Å². The zero-order valence-electron chi connectivity index (χ0n) is 9.86. The third-order valence-corrected chi connectivity index (χ3v) is 3.27. The second-order valence-corrected chi connectivity index (χ2v) is 5.18. The Balaban J connectivity index is 2.10. The molecule has 0 aliphatic carbocycles. The summed E-state index contributed by atoms with van der Waals surface area (Å²) >= 11 is 2.05. The maximum absolute atomic E-state index is 13.4. The van der Waals surface area contributed by atoms with Crippen LogP contribution >= 0.6 is 22.6 Å². The average Bonchev–Trinajstić information content (AvgIpc) is 2.40. The van der Waals surface area contributed by atoms with Gasteiger partial charge in [-0.3, -0.25) is 4.79 Å². The molecule has 2 N–H and O–H groups in total. The van der Waals surface area contributed by atoms with Gasteiger partial charge in [0.25, 0.3) is 5.91 Å². The summed E-state index contributed by atoms with van der Waals surface area (Å²) in [6, 6.07) is 11.0. The van der Waals surface area contributed by atoms with E-state index in [0.29, 0.717) is 5.56 Å². The molecule has 0 fully saturated rings. The Morgan fingerprint density at radius 2 is 2.00 bits per heavy atom. The normalized spacial score (nSPS) is 10.2. The lowest BCUT2D eigenvalue weighted by molar-refractivity contribution is 0.0948. The molecule has 0 atom stereocenters. The number of carbonyl (C=O) groups excluding carboxylic acids is 1. The zero-order chi connectivity index (χ0) is 13.8. The van der Waals surface area contributed by atoms with Crippen LogP contribution in [-0.2, 0) is 6.54 Å². The van der Waals surface area contributed by atoms with E-state index in [1.54, 1.807) is 30.3 Å². The molecule has 19 heavy (non-hydrogen) atoms. The molecule has 0 aliphatic heterocycles. The summed E-state index contributed by atoms with van der Waals surface area (Å²) in [5.74, 6) is -0.889. The fraction of sp³-hybridized carbons (Fsp3) is 0.0714. The van der Waals surface area contributed by atoms with Crippen molar-refractivity contribution in [1.29, 1.82) is 0 Å². The van der Waals surface area contributed by atoms with Gasteiger partial charge in [-0.25, -0.2) is 4.39 Å². The fourth-order valence-electron chi connectivity index (χ4n) is 1.60. The van der Waals surface area contributed by atoms with Crippen LogP contribution in [0.1, 0.15) is 15.9 Å². The third kappa shape index (κ3) is 3.44. The summed E-state index contributed by atoms with van der Waals surface area (Å²) < 4.78 is 14.2. The van der Waals surface area contributed by atoms with Gasteiger partial charge in [-0.05, 0) is 46.9 Å². The number of rotatable bonds is 3. The van der Waals surface area contributed by atoms with Crippen LogP contribution < -0.4 is 5.32 Å². The summed E-state index contributed by atoms with van der Waals surface area (Å²) in [6.07, 6.45) is 0. The maximum atomic E-state index is 13.4. The van der Waals surface area contributed by atoms with Crippen molar-refractivity contribution in [3.8, 4) is 5.75 Å². The van der Waals surface area contributed by atoms with Crippen LogP contribution in [0.4, 0.5) is 4.39 Å². The van der Waals surface area contributed by atoms with Gasteiger partial charge in [0.15, 0.2) is 0 Å². The van der Waals surface area contributed by atoms with Gasteiger partial charge in [0.2, 0.25) is 0 Å².